The molecule has 0 spiro atoms. The molecule has 1 rings (SSSR count). The summed E-state index contributed by atoms with van der Waals surface area (Å²) in [6.07, 6.45) is 0. The standard InChI is InChI=1S/C10H10N2O4/c1-6(9(14)15)11-10(16)12-7-4-2-3-5-8(7)13/h2-5,13H,1H2,(H,14,15)(H2,11,12,16). The van der Waals surface area contributed by atoms with E-state index < -0.39 is 17.7 Å². The summed E-state index contributed by atoms with van der Waals surface area (Å²) >= 11 is 0. The lowest BCUT2D eigenvalue weighted by Crippen LogP contribution is -2.30. The van der Waals surface area contributed by atoms with Gasteiger partial charge in [-0.25, -0.2) is 9.59 Å². The minimum Gasteiger partial charge on any atom is -0.506 e. The predicted molar refractivity (Wildman–Crippen MR) is 57.0 cm³/mol. The number of urea groups is 1. The first-order valence-electron chi connectivity index (χ1n) is 4.29. The van der Waals surface area contributed by atoms with Gasteiger partial charge in [0, 0.05) is 0 Å². The molecule has 2 amide bonds. The third kappa shape index (κ3) is 3.02. The van der Waals surface area contributed by atoms with Gasteiger partial charge in [-0.3, -0.25) is 0 Å². The molecule has 84 valence electrons. The smallest absolute Gasteiger partial charge is 0.351 e. The number of carbonyl (C=O) groups excluding carboxylic acids is 1. The number of phenolic OH excluding ortho intramolecular Hbond substituents is 1. The number of aromatic hydroxyl groups is 1. The Morgan fingerprint density at radius 2 is 1.88 bits per heavy atom. The van der Waals surface area contributed by atoms with Crippen LogP contribution >= 0.6 is 0 Å². The number of phenols is 1. The molecule has 0 radical (unpaired) electrons. The van der Waals surface area contributed by atoms with Crippen LogP contribution in [-0.4, -0.2) is 22.2 Å². The Labute approximate surface area is 91.2 Å². The number of carboxylic acids is 1. The van der Waals surface area contributed by atoms with Crippen molar-refractivity contribution in [2.45, 2.75) is 0 Å². The Hall–Kier alpha value is -2.50. The maximum atomic E-state index is 11.2. The summed E-state index contributed by atoms with van der Waals surface area (Å²) in [6, 6.07) is 5.28. The zero-order chi connectivity index (χ0) is 12.1. The molecule has 0 bridgehead atoms. The number of aliphatic carboxylic acids is 1. The second-order valence-corrected chi connectivity index (χ2v) is 2.88. The normalized spacial score (nSPS) is 9.25. The van der Waals surface area contributed by atoms with Gasteiger partial charge >= 0.3 is 12.0 Å². The third-order valence-electron chi connectivity index (χ3n) is 1.67. The molecule has 0 aliphatic carbocycles. The van der Waals surface area contributed by atoms with Crippen molar-refractivity contribution in [1.29, 1.82) is 0 Å². The van der Waals surface area contributed by atoms with Crippen LogP contribution in [0.15, 0.2) is 36.5 Å². The van der Waals surface area contributed by atoms with Crippen LogP contribution in [0.2, 0.25) is 0 Å². The van der Waals surface area contributed by atoms with Gasteiger partial charge < -0.3 is 20.8 Å². The third-order valence-corrected chi connectivity index (χ3v) is 1.67. The largest absolute Gasteiger partial charge is 0.506 e. The SMILES string of the molecule is C=C(NC(=O)Nc1ccccc1O)C(=O)O. The minimum atomic E-state index is -1.33. The van der Waals surface area contributed by atoms with Crippen molar-refractivity contribution in [3.8, 4) is 5.75 Å². The van der Waals surface area contributed by atoms with E-state index in [-0.39, 0.29) is 11.4 Å². The van der Waals surface area contributed by atoms with Gasteiger partial charge in [-0.05, 0) is 12.1 Å². The Morgan fingerprint density at radius 1 is 1.25 bits per heavy atom. The van der Waals surface area contributed by atoms with Gasteiger partial charge in [0.25, 0.3) is 0 Å². The maximum absolute atomic E-state index is 11.2. The number of benzene rings is 1. The van der Waals surface area contributed by atoms with Gasteiger partial charge in [-0.2, -0.15) is 0 Å². The highest BCUT2D eigenvalue weighted by Gasteiger charge is 2.09. The first-order valence-corrected chi connectivity index (χ1v) is 4.29. The number of para-hydroxylation sites is 2. The Bertz CT molecular complexity index is 442. The summed E-state index contributed by atoms with van der Waals surface area (Å²) in [5.74, 6) is -1.44. The van der Waals surface area contributed by atoms with Crippen molar-refractivity contribution in [1.82, 2.24) is 5.32 Å². The molecule has 0 unspecified atom stereocenters. The van der Waals surface area contributed by atoms with Crippen LogP contribution in [0.4, 0.5) is 10.5 Å². The zero-order valence-electron chi connectivity index (χ0n) is 8.23. The van der Waals surface area contributed by atoms with Crippen molar-refractivity contribution in [3.05, 3.63) is 36.5 Å². The highest BCUT2D eigenvalue weighted by Crippen LogP contribution is 2.21. The Morgan fingerprint density at radius 3 is 2.44 bits per heavy atom. The monoisotopic (exact) mass is 222 g/mol. The molecule has 0 aliphatic rings. The number of amides is 2. The van der Waals surface area contributed by atoms with Gasteiger partial charge in [-0.15, -0.1) is 0 Å². The number of rotatable bonds is 3. The van der Waals surface area contributed by atoms with E-state index in [9.17, 15) is 14.7 Å². The van der Waals surface area contributed by atoms with E-state index in [4.69, 9.17) is 5.11 Å². The minimum absolute atomic E-state index is 0.112. The van der Waals surface area contributed by atoms with Crippen molar-refractivity contribution in [2.24, 2.45) is 0 Å². The summed E-state index contributed by atoms with van der Waals surface area (Å²) in [5, 5.41) is 22.1. The van der Waals surface area contributed by atoms with E-state index in [1.807, 2.05) is 5.32 Å². The number of anilines is 1. The van der Waals surface area contributed by atoms with Crippen molar-refractivity contribution < 1.29 is 19.8 Å². The summed E-state index contributed by atoms with van der Waals surface area (Å²) < 4.78 is 0. The van der Waals surface area contributed by atoms with Crippen LogP contribution in [-0.2, 0) is 4.79 Å². The molecule has 1 aromatic carbocycles. The number of hydrogen-bond donors (Lipinski definition) is 4. The van der Waals surface area contributed by atoms with Crippen LogP contribution in [0.3, 0.4) is 0 Å². The van der Waals surface area contributed by atoms with Crippen LogP contribution in [0.1, 0.15) is 0 Å². The molecule has 6 nitrogen and oxygen atoms in total. The molecule has 0 saturated heterocycles. The lowest BCUT2D eigenvalue weighted by atomic mass is 10.3. The second-order valence-electron chi connectivity index (χ2n) is 2.88. The first kappa shape index (κ1) is 11.6. The van der Waals surface area contributed by atoms with E-state index in [0.717, 1.165) is 0 Å². The van der Waals surface area contributed by atoms with Crippen LogP contribution in [0.5, 0.6) is 5.75 Å². The fourth-order valence-electron chi connectivity index (χ4n) is 0.923. The van der Waals surface area contributed by atoms with Gasteiger partial charge in [0.1, 0.15) is 11.4 Å². The highest BCUT2D eigenvalue weighted by molar-refractivity contribution is 5.97. The second kappa shape index (κ2) is 4.83. The molecule has 4 N–H and O–H groups in total. The van der Waals surface area contributed by atoms with Crippen LogP contribution in [0, 0.1) is 0 Å². The molecule has 1 aromatic rings. The van der Waals surface area contributed by atoms with Gasteiger partial charge in [0.2, 0.25) is 0 Å². The van der Waals surface area contributed by atoms with Crippen LogP contribution in [0.25, 0.3) is 0 Å². The topological polar surface area (TPSA) is 98.7 Å². The molecule has 0 saturated carbocycles. The summed E-state index contributed by atoms with van der Waals surface area (Å²) in [7, 11) is 0. The Kier molecular flexibility index (Phi) is 3.49. The fraction of sp³-hybridized carbons (Fsp3) is 0. The molecule has 0 heterocycles. The zero-order valence-corrected chi connectivity index (χ0v) is 8.23. The van der Waals surface area contributed by atoms with Crippen molar-refractivity contribution in [3.63, 3.8) is 0 Å². The number of hydrogen-bond acceptors (Lipinski definition) is 3. The van der Waals surface area contributed by atoms with Crippen LogP contribution < -0.4 is 10.6 Å². The molecule has 16 heavy (non-hydrogen) atoms. The number of nitrogens with one attached hydrogen (secondary N) is 2. The summed E-state index contributed by atoms with van der Waals surface area (Å²) in [6.45, 7) is 3.12. The van der Waals surface area contributed by atoms with E-state index in [2.05, 4.69) is 11.9 Å². The van der Waals surface area contributed by atoms with E-state index >= 15 is 0 Å². The molecular weight excluding hydrogens is 212 g/mol. The molecule has 0 atom stereocenters. The number of carboxylic acid groups (broad SMARTS) is 1. The van der Waals surface area contributed by atoms with Gasteiger partial charge in [-0.1, -0.05) is 18.7 Å². The van der Waals surface area contributed by atoms with E-state index in [1.165, 1.54) is 12.1 Å². The predicted octanol–water partition coefficient (Wildman–Crippen LogP) is 1.11. The highest BCUT2D eigenvalue weighted by atomic mass is 16.4. The lowest BCUT2D eigenvalue weighted by molar-refractivity contribution is -0.132. The summed E-state index contributed by atoms with van der Waals surface area (Å²) in [4.78, 5) is 21.6. The molecule has 0 aromatic heterocycles. The van der Waals surface area contributed by atoms with Crippen molar-refractivity contribution >= 4 is 17.7 Å². The Balaban J connectivity index is 2.62. The number of carbonyl (C=O) groups is 2. The van der Waals surface area contributed by atoms with Crippen molar-refractivity contribution in [2.75, 3.05) is 5.32 Å². The molecular formula is C10H10N2O4. The molecule has 6 heteroatoms. The molecule has 0 aliphatic heterocycles. The van der Waals surface area contributed by atoms with E-state index in [0.29, 0.717) is 0 Å². The maximum Gasteiger partial charge on any atom is 0.351 e. The van der Waals surface area contributed by atoms with E-state index in [1.54, 1.807) is 12.1 Å². The average molecular weight is 222 g/mol. The van der Waals surface area contributed by atoms with Gasteiger partial charge in [0.15, 0.2) is 0 Å². The first-order chi connectivity index (χ1) is 7.50. The van der Waals surface area contributed by atoms with Gasteiger partial charge in [0.05, 0.1) is 5.69 Å². The summed E-state index contributed by atoms with van der Waals surface area (Å²) in [5.41, 5.74) is -0.272. The molecule has 0 fully saturated rings. The lowest BCUT2D eigenvalue weighted by Gasteiger charge is -2.08. The quantitative estimate of drug-likeness (QED) is 0.454. The average Bonchev–Trinajstić information content (AvgIpc) is 2.21. The fourth-order valence-corrected chi connectivity index (χ4v) is 0.923.